The third-order valence-corrected chi connectivity index (χ3v) is 2.19. The Kier molecular flexibility index (Phi) is 1.90. The second kappa shape index (κ2) is 2.89. The second-order valence-electron chi connectivity index (χ2n) is 2.88. The first-order valence-electron chi connectivity index (χ1n) is 3.74. The van der Waals surface area contributed by atoms with E-state index in [2.05, 4.69) is 32.1 Å². The third kappa shape index (κ3) is 1.99. The predicted molar refractivity (Wildman–Crippen MR) is 45.0 cm³/mol. The minimum Gasteiger partial charge on any atom is -0.231 e. The number of rotatable bonds is 2. The minimum absolute atomic E-state index is 0.836. The zero-order valence-corrected chi connectivity index (χ0v) is 7.63. The molecule has 0 aromatic carbocycles. The molecule has 1 fully saturated rings. The fourth-order valence-electron chi connectivity index (χ4n) is 1.01. The molecule has 0 spiro atoms. The molecule has 0 unspecified atom stereocenters. The van der Waals surface area contributed by atoms with Crippen LogP contribution in [0.4, 0.5) is 0 Å². The van der Waals surface area contributed by atoms with Gasteiger partial charge in [-0.2, -0.15) is 0 Å². The van der Waals surface area contributed by atoms with Gasteiger partial charge in [0, 0.05) is 6.42 Å². The van der Waals surface area contributed by atoms with Crippen LogP contribution in [0.2, 0.25) is 0 Å². The molecule has 3 heteroatoms. The Labute approximate surface area is 74.2 Å². The molecular weight excluding hydrogens is 204 g/mol. The Hall–Kier alpha value is -0.440. The summed E-state index contributed by atoms with van der Waals surface area (Å²) in [4.78, 5) is 8.28. The molecule has 11 heavy (non-hydrogen) atoms. The van der Waals surface area contributed by atoms with Crippen LogP contribution < -0.4 is 0 Å². The number of aromatic nitrogens is 2. The Bertz CT molecular complexity index is 258. The van der Waals surface area contributed by atoms with Crippen LogP contribution in [0.15, 0.2) is 10.7 Å². The zero-order chi connectivity index (χ0) is 7.68. The van der Waals surface area contributed by atoms with E-state index in [0.29, 0.717) is 0 Å². The van der Waals surface area contributed by atoms with E-state index in [9.17, 15) is 0 Å². The van der Waals surface area contributed by atoms with Crippen molar-refractivity contribution in [2.75, 3.05) is 0 Å². The quantitative estimate of drug-likeness (QED) is 0.700. The molecule has 1 aromatic rings. The van der Waals surface area contributed by atoms with Crippen molar-refractivity contribution in [3.8, 4) is 0 Å². The van der Waals surface area contributed by atoms with Gasteiger partial charge in [-0.05, 0) is 40.8 Å². The van der Waals surface area contributed by atoms with Crippen LogP contribution in [0.25, 0.3) is 0 Å². The minimum atomic E-state index is 0.836. The molecule has 0 saturated heterocycles. The predicted octanol–water partition coefficient (Wildman–Crippen LogP) is 1.99. The average molecular weight is 212 g/mol. The summed E-state index contributed by atoms with van der Waals surface area (Å²) in [5, 5.41) is 0. The van der Waals surface area contributed by atoms with E-state index in [1.54, 1.807) is 6.07 Å². The molecule has 1 aromatic heterocycles. The van der Waals surface area contributed by atoms with Crippen LogP contribution in [0.3, 0.4) is 0 Å². The summed E-state index contributed by atoms with van der Waals surface area (Å²) in [6.45, 7) is 0. The molecule has 1 aliphatic carbocycles. The molecule has 0 atom stereocenters. The molecule has 2 nitrogen and oxygen atoms in total. The van der Waals surface area contributed by atoms with Gasteiger partial charge in [-0.1, -0.05) is 0 Å². The van der Waals surface area contributed by atoms with Crippen molar-refractivity contribution in [3.63, 3.8) is 0 Å². The summed E-state index contributed by atoms with van der Waals surface area (Å²) < 4.78 is 0.836. The first-order valence-corrected chi connectivity index (χ1v) is 4.53. The van der Waals surface area contributed by atoms with Crippen molar-refractivity contribution in [1.82, 2.24) is 9.97 Å². The topological polar surface area (TPSA) is 25.8 Å². The largest absolute Gasteiger partial charge is 0.231 e. The summed E-state index contributed by atoms with van der Waals surface area (Å²) in [5.41, 5.74) is 0. The van der Waals surface area contributed by atoms with Crippen LogP contribution in [0, 0.1) is 12.1 Å². The van der Waals surface area contributed by atoms with Gasteiger partial charge in [-0.15, -0.1) is 0 Å². The van der Waals surface area contributed by atoms with Crippen molar-refractivity contribution >= 4 is 15.9 Å². The maximum atomic E-state index is 4.23. The van der Waals surface area contributed by atoms with Crippen molar-refractivity contribution in [2.24, 2.45) is 5.92 Å². The number of hydrogen-bond donors (Lipinski definition) is 0. The van der Waals surface area contributed by atoms with Gasteiger partial charge < -0.3 is 0 Å². The fourth-order valence-corrected chi connectivity index (χ4v) is 1.32. The first kappa shape index (κ1) is 7.22. The van der Waals surface area contributed by atoms with Gasteiger partial charge in [0.15, 0.2) is 0 Å². The van der Waals surface area contributed by atoms with E-state index in [4.69, 9.17) is 0 Å². The van der Waals surface area contributed by atoms with E-state index < -0.39 is 0 Å². The highest BCUT2D eigenvalue weighted by molar-refractivity contribution is 9.10. The van der Waals surface area contributed by atoms with Crippen LogP contribution in [-0.2, 0) is 6.42 Å². The highest BCUT2D eigenvalue weighted by Crippen LogP contribution is 2.31. The van der Waals surface area contributed by atoms with Crippen molar-refractivity contribution in [2.45, 2.75) is 19.3 Å². The van der Waals surface area contributed by atoms with Crippen LogP contribution in [0.1, 0.15) is 18.7 Å². The van der Waals surface area contributed by atoms with Gasteiger partial charge in [-0.25, -0.2) is 9.97 Å². The molecule has 1 heterocycles. The molecule has 0 amide bonds. The monoisotopic (exact) mass is 211 g/mol. The van der Waals surface area contributed by atoms with Crippen molar-refractivity contribution in [3.05, 3.63) is 22.7 Å². The third-order valence-electron chi connectivity index (χ3n) is 1.78. The lowest BCUT2D eigenvalue weighted by Crippen LogP contribution is -1.95. The van der Waals surface area contributed by atoms with Crippen LogP contribution in [-0.4, -0.2) is 9.97 Å². The van der Waals surface area contributed by atoms with Crippen molar-refractivity contribution in [1.29, 1.82) is 0 Å². The second-order valence-corrected chi connectivity index (χ2v) is 3.70. The molecule has 0 aliphatic heterocycles. The lowest BCUT2D eigenvalue weighted by molar-refractivity contribution is 0.764. The molecule has 0 bridgehead atoms. The van der Waals surface area contributed by atoms with Crippen LogP contribution >= 0.6 is 15.9 Å². The Balaban J connectivity index is 2.10. The van der Waals surface area contributed by atoms with E-state index in [1.165, 1.54) is 12.8 Å². The van der Waals surface area contributed by atoms with Gasteiger partial charge >= 0.3 is 0 Å². The first-order chi connectivity index (χ1) is 5.34. The van der Waals surface area contributed by atoms with Crippen LogP contribution in [0.5, 0.6) is 0 Å². The van der Waals surface area contributed by atoms with E-state index in [-0.39, 0.29) is 0 Å². The zero-order valence-electron chi connectivity index (χ0n) is 6.05. The fraction of sp³-hybridized carbons (Fsp3) is 0.500. The summed E-state index contributed by atoms with van der Waals surface area (Å²) >= 11 is 3.29. The standard InChI is InChI=1S/C8H8BrN2/c9-7-3-4-10-8(11-7)5-6-1-2-6/h3,6H,1-2,5H2. The highest BCUT2D eigenvalue weighted by Gasteiger charge is 2.22. The molecular formula is C8H8BrN2. The molecule has 1 radical (unpaired) electrons. The van der Waals surface area contributed by atoms with E-state index in [0.717, 1.165) is 22.8 Å². The average Bonchev–Trinajstić information content (AvgIpc) is 2.71. The SMILES string of the molecule is Brc1c[c]nc(CC2CC2)n1. The summed E-state index contributed by atoms with van der Waals surface area (Å²) in [6.07, 6.45) is 6.51. The van der Waals surface area contributed by atoms with E-state index in [1.807, 2.05) is 0 Å². The Morgan fingerprint density at radius 2 is 2.45 bits per heavy atom. The number of halogens is 1. The van der Waals surface area contributed by atoms with Gasteiger partial charge in [-0.3, -0.25) is 0 Å². The Morgan fingerprint density at radius 3 is 3.09 bits per heavy atom. The lowest BCUT2D eigenvalue weighted by Gasteiger charge is -1.95. The molecule has 2 rings (SSSR count). The summed E-state index contributed by atoms with van der Waals surface area (Å²) in [6, 6.07) is 1.73. The van der Waals surface area contributed by atoms with Gasteiger partial charge in [0.1, 0.15) is 10.4 Å². The molecule has 57 valence electrons. The smallest absolute Gasteiger partial charge is 0.130 e. The van der Waals surface area contributed by atoms with E-state index >= 15 is 0 Å². The number of nitrogens with zero attached hydrogens (tertiary/aromatic N) is 2. The normalized spacial score (nSPS) is 16.8. The van der Waals surface area contributed by atoms with Gasteiger partial charge in [0.2, 0.25) is 0 Å². The molecule has 1 saturated carbocycles. The number of hydrogen-bond acceptors (Lipinski definition) is 2. The summed E-state index contributed by atoms with van der Waals surface area (Å²) in [5.74, 6) is 1.76. The summed E-state index contributed by atoms with van der Waals surface area (Å²) in [7, 11) is 0. The van der Waals surface area contributed by atoms with Gasteiger partial charge in [0.05, 0.1) is 6.20 Å². The van der Waals surface area contributed by atoms with Gasteiger partial charge in [0.25, 0.3) is 0 Å². The van der Waals surface area contributed by atoms with Crippen molar-refractivity contribution < 1.29 is 0 Å². The molecule has 1 aliphatic rings. The molecule has 0 N–H and O–H groups in total. The Morgan fingerprint density at radius 1 is 1.64 bits per heavy atom. The highest BCUT2D eigenvalue weighted by atomic mass is 79.9. The maximum absolute atomic E-state index is 4.23. The maximum Gasteiger partial charge on any atom is 0.130 e. The lowest BCUT2D eigenvalue weighted by atomic mass is 10.3.